The molecular formula is C15H29N3S. The summed E-state index contributed by atoms with van der Waals surface area (Å²) >= 11 is 1.88. The SMILES string of the molecule is C=CCSCCN=C(NCC)N1CC(C)(C)C1(C)C. The van der Waals surface area contributed by atoms with Gasteiger partial charge in [-0.25, -0.2) is 0 Å². The number of rotatable bonds is 6. The van der Waals surface area contributed by atoms with Crippen molar-refractivity contribution in [2.75, 3.05) is 31.1 Å². The molecule has 0 radical (unpaired) electrons. The monoisotopic (exact) mass is 283 g/mol. The van der Waals surface area contributed by atoms with E-state index in [9.17, 15) is 0 Å². The smallest absolute Gasteiger partial charge is 0.194 e. The van der Waals surface area contributed by atoms with Crippen molar-refractivity contribution in [1.82, 2.24) is 10.2 Å². The van der Waals surface area contributed by atoms with E-state index < -0.39 is 0 Å². The Morgan fingerprint density at radius 2 is 2.11 bits per heavy atom. The van der Waals surface area contributed by atoms with Crippen LogP contribution >= 0.6 is 11.8 Å². The molecule has 0 bridgehead atoms. The van der Waals surface area contributed by atoms with Crippen LogP contribution in [0.5, 0.6) is 0 Å². The molecule has 1 aliphatic rings. The molecule has 1 fully saturated rings. The van der Waals surface area contributed by atoms with E-state index in [-0.39, 0.29) is 5.54 Å². The molecule has 0 saturated carbocycles. The first-order valence-electron chi connectivity index (χ1n) is 7.11. The van der Waals surface area contributed by atoms with Crippen LogP contribution in [0.4, 0.5) is 0 Å². The highest BCUT2D eigenvalue weighted by molar-refractivity contribution is 7.99. The van der Waals surface area contributed by atoms with E-state index in [0.717, 1.165) is 37.1 Å². The summed E-state index contributed by atoms with van der Waals surface area (Å²) in [7, 11) is 0. The average molecular weight is 283 g/mol. The van der Waals surface area contributed by atoms with E-state index in [1.165, 1.54) is 0 Å². The molecule has 1 saturated heterocycles. The summed E-state index contributed by atoms with van der Waals surface area (Å²) < 4.78 is 0. The normalized spacial score (nSPS) is 20.9. The molecule has 0 aliphatic carbocycles. The second-order valence-electron chi connectivity index (χ2n) is 6.13. The van der Waals surface area contributed by atoms with E-state index >= 15 is 0 Å². The van der Waals surface area contributed by atoms with Crippen LogP contribution in [0.15, 0.2) is 17.6 Å². The number of aliphatic imine (C=N–C) groups is 1. The lowest BCUT2D eigenvalue weighted by molar-refractivity contribution is -0.0667. The van der Waals surface area contributed by atoms with E-state index in [2.05, 4.69) is 51.4 Å². The van der Waals surface area contributed by atoms with Crippen molar-refractivity contribution in [3.8, 4) is 0 Å². The van der Waals surface area contributed by atoms with Crippen LogP contribution in [0.3, 0.4) is 0 Å². The number of hydrogen-bond donors (Lipinski definition) is 1. The fraction of sp³-hybridized carbons (Fsp3) is 0.800. The van der Waals surface area contributed by atoms with Gasteiger partial charge < -0.3 is 10.2 Å². The van der Waals surface area contributed by atoms with Gasteiger partial charge in [-0.05, 0) is 20.8 Å². The Kier molecular flexibility index (Phi) is 5.78. The van der Waals surface area contributed by atoms with Gasteiger partial charge in [0.05, 0.1) is 6.54 Å². The van der Waals surface area contributed by atoms with Gasteiger partial charge in [0.25, 0.3) is 0 Å². The van der Waals surface area contributed by atoms with Gasteiger partial charge >= 0.3 is 0 Å². The van der Waals surface area contributed by atoms with Crippen molar-refractivity contribution in [1.29, 1.82) is 0 Å². The molecule has 0 aromatic heterocycles. The zero-order chi connectivity index (χ0) is 14.5. The summed E-state index contributed by atoms with van der Waals surface area (Å²) in [5, 5.41) is 3.42. The van der Waals surface area contributed by atoms with E-state index in [0.29, 0.717) is 5.41 Å². The standard InChI is InChI=1S/C15H29N3S/c1-7-10-19-11-9-17-13(16-8-2)18-12-14(3,4)15(18,5)6/h7H,1,8-12H2,2-6H3,(H,16,17). The predicted octanol–water partition coefficient (Wildman–Crippen LogP) is 2.99. The molecule has 0 atom stereocenters. The lowest BCUT2D eigenvalue weighted by atomic mass is 9.65. The summed E-state index contributed by atoms with van der Waals surface area (Å²) in [5.74, 6) is 3.12. The Hall–Kier alpha value is -0.640. The second kappa shape index (κ2) is 6.69. The Bertz CT molecular complexity index is 334. The number of likely N-dealkylation sites (tertiary alicyclic amines) is 1. The number of nitrogens with zero attached hydrogens (tertiary/aromatic N) is 2. The Balaban J connectivity index is 2.58. The number of guanidine groups is 1. The minimum atomic E-state index is 0.169. The fourth-order valence-corrected chi connectivity index (χ4v) is 2.73. The van der Waals surface area contributed by atoms with E-state index in [1.807, 2.05) is 17.8 Å². The van der Waals surface area contributed by atoms with Crippen molar-refractivity contribution >= 4 is 17.7 Å². The summed E-state index contributed by atoms with van der Waals surface area (Å²) in [4.78, 5) is 7.14. The minimum Gasteiger partial charge on any atom is -0.356 e. The van der Waals surface area contributed by atoms with Crippen LogP contribution in [0, 0.1) is 5.41 Å². The van der Waals surface area contributed by atoms with E-state index in [4.69, 9.17) is 4.99 Å². The topological polar surface area (TPSA) is 27.6 Å². The first-order chi connectivity index (χ1) is 8.86. The minimum absolute atomic E-state index is 0.169. The van der Waals surface area contributed by atoms with Gasteiger partial charge in [0.1, 0.15) is 0 Å². The third kappa shape index (κ3) is 3.68. The van der Waals surface area contributed by atoms with Crippen molar-refractivity contribution in [2.24, 2.45) is 10.4 Å². The molecular weight excluding hydrogens is 254 g/mol. The van der Waals surface area contributed by atoms with Gasteiger partial charge in [-0.1, -0.05) is 19.9 Å². The van der Waals surface area contributed by atoms with Gasteiger partial charge in [-0.2, -0.15) is 11.8 Å². The van der Waals surface area contributed by atoms with Gasteiger partial charge in [0.2, 0.25) is 0 Å². The number of thioether (sulfide) groups is 1. The average Bonchev–Trinajstić information content (AvgIpc) is 2.34. The quantitative estimate of drug-likeness (QED) is 0.351. The van der Waals surface area contributed by atoms with Crippen LogP contribution in [0.1, 0.15) is 34.6 Å². The molecule has 1 N–H and O–H groups in total. The van der Waals surface area contributed by atoms with Crippen molar-refractivity contribution in [3.05, 3.63) is 12.7 Å². The first-order valence-corrected chi connectivity index (χ1v) is 8.27. The third-order valence-corrected chi connectivity index (χ3v) is 5.15. The molecule has 0 unspecified atom stereocenters. The fourth-order valence-electron chi connectivity index (χ4n) is 2.18. The number of hydrogen-bond acceptors (Lipinski definition) is 2. The van der Waals surface area contributed by atoms with E-state index in [1.54, 1.807) is 0 Å². The summed E-state index contributed by atoms with van der Waals surface area (Å²) in [6.07, 6.45) is 1.95. The van der Waals surface area contributed by atoms with Crippen molar-refractivity contribution in [3.63, 3.8) is 0 Å². The van der Waals surface area contributed by atoms with Crippen molar-refractivity contribution < 1.29 is 0 Å². The van der Waals surface area contributed by atoms with Crippen LogP contribution in [-0.4, -0.2) is 47.5 Å². The Morgan fingerprint density at radius 3 is 2.58 bits per heavy atom. The van der Waals surface area contributed by atoms with Gasteiger partial charge in [-0.3, -0.25) is 4.99 Å². The van der Waals surface area contributed by atoms with Gasteiger partial charge in [0.15, 0.2) is 5.96 Å². The zero-order valence-electron chi connectivity index (χ0n) is 13.1. The lowest BCUT2D eigenvalue weighted by Crippen LogP contribution is -2.72. The Labute approximate surface area is 122 Å². The highest BCUT2D eigenvalue weighted by Gasteiger charge is 2.53. The van der Waals surface area contributed by atoms with Crippen LogP contribution in [0.25, 0.3) is 0 Å². The Morgan fingerprint density at radius 1 is 1.42 bits per heavy atom. The summed E-state index contributed by atoms with van der Waals surface area (Å²) in [6.45, 7) is 18.0. The molecule has 0 aromatic rings. The molecule has 3 nitrogen and oxygen atoms in total. The molecule has 1 rings (SSSR count). The summed E-state index contributed by atoms with van der Waals surface area (Å²) in [6, 6.07) is 0. The van der Waals surface area contributed by atoms with Crippen LogP contribution in [-0.2, 0) is 0 Å². The maximum absolute atomic E-state index is 4.74. The largest absolute Gasteiger partial charge is 0.356 e. The maximum atomic E-state index is 4.74. The van der Waals surface area contributed by atoms with Crippen molar-refractivity contribution in [2.45, 2.75) is 40.2 Å². The first kappa shape index (κ1) is 16.4. The highest BCUT2D eigenvalue weighted by Crippen LogP contribution is 2.46. The maximum Gasteiger partial charge on any atom is 0.194 e. The molecule has 0 aromatic carbocycles. The predicted molar refractivity (Wildman–Crippen MR) is 88.1 cm³/mol. The van der Waals surface area contributed by atoms with Crippen LogP contribution in [0.2, 0.25) is 0 Å². The van der Waals surface area contributed by atoms with Gasteiger partial charge in [-0.15, -0.1) is 6.58 Å². The molecule has 110 valence electrons. The molecule has 4 heteroatoms. The second-order valence-corrected chi connectivity index (χ2v) is 7.28. The summed E-state index contributed by atoms with van der Waals surface area (Å²) in [5.41, 5.74) is 0.517. The molecule has 0 spiro atoms. The highest BCUT2D eigenvalue weighted by atomic mass is 32.2. The number of nitrogens with one attached hydrogen (secondary N) is 1. The molecule has 0 amide bonds. The third-order valence-electron chi connectivity index (χ3n) is 4.21. The molecule has 1 heterocycles. The molecule has 1 aliphatic heterocycles. The zero-order valence-corrected chi connectivity index (χ0v) is 13.9. The van der Waals surface area contributed by atoms with Crippen LogP contribution < -0.4 is 5.32 Å². The molecule has 19 heavy (non-hydrogen) atoms. The van der Waals surface area contributed by atoms with Gasteiger partial charge in [0, 0.05) is 35.5 Å². The lowest BCUT2D eigenvalue weighted by Gasteiger charge is -2.62.